The van der Waals surface area contributed by atoms with Crippen LogP contribution in [-0.2, 0) is 23.8 Å². The van der Waals surface area contributed by atoms with Gasteiger partial charge in [-0.2, -0.15) is 0 Å². The molecule has 0 aromatic rings. The third kappa shape index (κ3) is 5.73. The first-order valence-electron chi connectivity index (χ1n) is 10.8. The molecular formula is C24H32O7. The summed E-state index contributed by atoms with van der Waals surface area (Å²) in [4.78, 5) is 24.7. The Bertz CT molecular complexity index is 874. The molecule has 0 amide bonds. The molecule has 2 bridgehead atoms. The van der Waals surface area contributed by atoms with Crippen LogP contribution in [0.4, 0.5) is 0 Å². The zero-order valence-corrected chi connectivity index (χ0v) is 18.7. The summed E-state index contributed by atoms with van der Waals surface area (Å²) in [5.74, 6) is -2.29. The van der Waals surface area contributed by atoms with Crippen LogP contribution in [0.5, 0.6) is 0 Å². The summed E-state index contributed by atoms with van der Waals surface area (Å²) in [5.41, 5.74) is 1.72. The number of hydrogen-bond acceptors (Lipinski definition) is 7. The van der Waals surface area contributed by atoms with Crippen LogP contribution in [0.2, 0.25) is 0 Å². The fourth-order valence-electron chi connectivity index (χ4n) is 4.17. The Labute approximate surface area is 183 Å². The number of aliphatic hydroxyl groups is 2. The third-order valence-corrected chi connectivity index (χ3v) is 5.87. The lowest BCUT2D eigenvalue weighted by Gasteiger charge is -2.26. The summed E-state index contributed by atoms with van der Waals surface area (Å²) in [7, 11) is 0. The van der Waals surface area contributed by atoms with Crippen molar-refractivity contribution in [3.8, 4) is 0 Å². The Balaban J connectivity index is 1.75. The molecule has 2 N–H and O–H groups in total. The minimum absolute atomic E-state index is 0.121. The molecule has 170 valence electrons. The lowest BCUT2D eigenvalue weighted by molar-refractivity contribution is -0.212. The second-order valence-electron chi connectivity index (χ2n) is 9.12. The fraction of sp³-hybridized carbons (Fsp3) is 0.583. The summed E-state index contributed by atoms with van der Waals surface area (Å²) >= 11 is 0. The molecule has 3 aliphatic rings. The van der Waals surface area contributed by atoms with Gasteiger partial charge < -0.3 is 24.4 Å². The molecule has 0 aromatic heterocycles. The van der Waals surface area contributed by atoms with E-state index in [0.717, 1.165) is 18.4 Å². The summed E-state index contributed by atoms with van der Waals surface area (Å²) in [6.07, 6.45) is 7.12. The molecular weight excluding hydrogens is 400 g/mol. The fourth-order valence-corrected chi connectivity index (χ4v) is 4.17. The number of allylic oxidation sites excluding steroid dienone is 3. The van der Waals surface area contributed by atoms with Crippen LogP contribution in [-0.4, -0.2) is 46.3 Å². The second-order valence-corrected chi connectivity index (χ2v) is 9.12. The van der Waals surface area contributed by atoms with Crippen molar-refractivity contribution in [2.24, 2.45) is 0 Å². The second kappa shape index (κ2) is 9.10. The van der Waals surface area contributed by atoms with Gasteiger partial charge in [-0.1, -0.05) is 17.2 Å². The van der Waals surface area contributed by atoms with Crippen LogP contribution in [0.15, 0.2) is 46.3 Å². The average molecular weight is 433 g/mol. The van der Waals surface area contributed by atoms with Gasteiger partial charge in [-0.05, 0) is 59.5 Å². The summed E-state index contributed by atoms with van der Waals surface area (Å²) in [6.45, 7) is 7.42. The van der Waals surface area contributed by atoms with Gasteiger partial charge in [0.2, 0.25) is 0 Å². The Hall–Kier alpha value is -2.22. The number of ether oxygens (including phenoxy) is 3. The predicted molar refractivity (Wildman–Crippen MR) is 113 cm³/mol. The first-order valence-corrected chi connectivity index (χ1v) is 10.8. The SMILES string of the molecule is CC(C)=CCC/C(C)=C/C(=O)OCC1=C2/C(=C\C3(C)CCC(O)(CC[C@@H]2O)O3)OC1=O. The van der Waals surface area contributed by atoms with Gasteiger partial charge in [0.1, 0.15) is 12.4 Å². The molecule has 2 unspecified atom stereocenters. The first-order chi connectivity index (χ1) is 14.5. The molecule has 0 radical (unpaired) electrons. The zero-order valence-electron chi connectivity index (χ0n) is 18.7. The molecule has 0 saturated carbocycles. The number of carbonyl (C=O) groups is 2. The highest BCUT2D eigenvalue weighted by Gasteiger charge is 2.48. The van der Waals surface area contributed by atoms with E-state index in [4.69, 9.17) is 14.2 Å². The van der Waals surface area contributed by atoms with Crippen molar-refractivity contribution in [2.45, 2.75) is 83.7 Å². The van der Waals surface area contributed by atoms with E-state index in [9.17, 15) is 19.8 Å². The van der Waals surface area contributed by atoms with Gasteiger partial charge >= 0.3 is 11.9 Å². The van der Waals surface area contributed by atoms with Crippen molar-refractivity contribution in [3.63, 3.8) is 0 Å². The summed E-state index contributed by atoms with van der Waals surface area (Å²) in [5, 5.41) is 21.3. The molecule has 7 nitrogen and oxygen atoms in total. The van der Waals surface area contributed by atoms with Crippen molar-refractivity contribution in [1.82, 2.24) is 0 Å². The van der Waals surface area contributed by atoms with E-state index in [1.165, 1.54) is 11.6 Å². The average Bonchev–Trinajstić information content (AvgIpc) is 3.14. The third-order valence-electron chi connectivity index (χ3n) is 5.87. The van der Waals surface area contributed by atoms with Gasteiger partial charge in [-0.3, -0.25) is 0 Å². The van der Waals surface area contributed by atoms with Gasteiger partial charge in [-0.25, -0.2) is 9.59 Å². The molecule has 1 fully saturated rings. The predicted octanol–water partition coefficient (Wildman–Crippen LogP) is 3.37. The van der Waals surface area contributed by atoms with Gasteiger partial charge in [0.15, 0.2) is 5.79 Å². The highest BCUT2D eigenvalue weighted by Crippen LogP contribution is 2.44. The molecule has 3 heterocycles. The minimum Gasteiger partial charge on any atom is -0.457 e. The number of rotatable bonds is 6. The summed E-state index contributed by atoms with van der Waals surface area (Å²) in [6, 6.07) is 0. The van der Waals surface area contributed by atoms with Crippen LogP contribution < -0.4 is 0 Å². The van der Waals surface area contributed by atoms with Crippen molar-refractivity contribution < 1.29 is 34.0 Å². The van der Waals surface area contributed by atoms with E-state index in [1.807, 2.05) is 27.7 Å². The molecule has 3 rings (SSSR count). The monoisotopic (exact) mass is 432 g/mol. The summed E-state index contributed by atoms with van der Waals surface area (Å²) < 4.78 is 16.5. The van der Waals surface area contributed by atoms with E-state index in [2.05, 4.69) is 6.08 Å². The number of hydrogen-bond donors (Lipinski definition) is 2. The quantitative estimate of drug-likeness (QED) is 0.377. The maximum absolute atomic E-state index is 12.5. The van der Waals surface area contributed by atoms with Crippen LogP contribution in [0.25, 0.3) is 0 Å². The van der Waals surface area contributed by atoms with Crippen molar-refractivity contribution in [3.05, 3.63) is 46.3 Å². The van der Waals surface area contributed by atoms with Crippen LogP contribution in [0.3, 0.4) is 0 Å². The lowest BCUT2D eigenvalue weighted by atomic mass is 9.91. The van der Waals surface area contributed by atoms with Crippen LogP contribution in [0, 0.1) is 0 Å². The van der Waals surface area contributed by atoms with Gasteiger partial charge in [0.25, 0.3) is 0 Å². The number of carbonyl (C=O) groups excluding carboxylic acids is 2. The Morgan fingerprint density at radius 2 is 2.03 bits per heavy atom. The number of esters is 2. The lowest BCUT2D eigenvalue weighted by Crippen LogP contribution is -2.33. The molecule has 3 aliphatic heterocycles. The molecule has 7 heteroatoms. The molecule has 0 aliphatic carbocycles. The smallest absolute Gasteiger partial charge is 0.343 e. The van der Waals surface area contributed by atoms with Crippen LogP contribution in [0.1, 0.15) is 66.2 Å². The minimum atomic E-state index is -1.31. The number of aliphatic hydroxyl groups excluding tert-OH is 1. The highest BCUT2D eigenvalue weighted by molar-refractivity contribution is 5.95. The standard InChI is InChI=1S/C24H32O7/c1-15(2)6-5-7-16(3)12-20(26)29-14-17-21-18(25)8-9-24(28)11-10-23(4,31-24)13-19(21)30-22(17)27/h6,12-13,18,25,28H,5,7-11,14H2,1-4H3/b16-12+,19-13+/t18-,23?,24?/m0/s1. The Morgan fingerprint density at radius 1 is 1.29 bits per heavy atom. The topological polar surface area (TPSA) is 102 Å². The largest absolute Gasteiger partial charge is 0.457 e. The van der Waals surface area contributed by atoms with E-state index in [0.29, 0.717) is 18.4 Å². The maximum Gasteiger partial charge on any atom is 0.343 e. The zero-order chi connectivity index (χ0) is 22.8. The van der Waals surface area contributed by atoms with Gasteiger partial charge in [-0.15, -0.1) is 0 Å². The highest BCUT2D eigenvalue weighted by atomic mass is 16.6. The molecule has 3 atom stereocenters. The maximum atomic E-state index is 12.5. The Kier molecular flexibility index (Phi) is 6.88. The number of fused-ring (bicyclic) bond motifs is 3. The van der Waals surface area contributed by atoms with E-state index in [-0.39, 0.29) is 30.8 Å². The van der Waals surface area contributed by atoms with E-state index >= 15 is 0 Å². The van der Waals surface area contributed by atoms with Crippen molar-refractivity contribution in [1.29, 1.82) is 0 Å². The molecule has 0 spiro atoms. The first kappa shape index (κ1) is 23.4. The molecule has 31 heavy (non-hydrogen) atoms. The van der Waals surface area contributed by atoms with Gasteiger partial charge in [0.05, 0.1) is 17.3 Å². The normalized spacial score (nSPS) is 32.3. The van der Waals surface area contributed by atoms with Crippen LogP contribution >= 0.6 is 0 Å². The molecule has 1 saturated heterocycles. The molecule has 0 aromatic carbocycles. The van der Waals surface area contributed by atoms with E-state index < -0.39 is 29.4 Å². The Morgan fingerprint density at radius 3 is 2.74 bits per heavy atom. The van der Waals surface area contributed by atoms with Gasteiger partial charge in [0, 0.05) is 24.5 Å². The van der Waals surface area contributed by atoms with E-state index in [1.54, 1.807) is 6.08 Å². The van der Waals surface area contributed by atoms with Crippen molar-refractivity contribution >= 4 is 11.9 Å². The van der Waals surface area contributed by atoms with Crippen molar-refractivity contribution in [2.75, 3.05) is 6.61 Å².